The minimum atomic E-state index is -0.368. The maximum absolute atomic E-state index is 12.5. The number of carbonyl (C=O) groups excluding carboxylic acids is 2. The summed E-state index contributed by atoms with van der Waals surface area (Å²) in [6, 6.07) is 6.50. The molecular weight excluding hydrogens is 242 g/mol. The van der Waals surface area contributed by atoms with Crippen molar-refractivity contribution in [2.24, 2.45) is 0 Å². The number of nitrogens with one attached hydrogen (secondary N) is 1. The van der Waals surface area contributed by atoms with Gasteiger partial charge >= 0.3 is 0 Å². The third-order valence-corrected chi connectivity index (χ3v) is 3.45. The normalized spacial score (nSPS) is 19.0. The molecule has 1 aliphatic heterocycles. The summed E-state index contributed by atoms with van der Waals surface area (Å²) in [6.07, 6.45) is 2.62. The highest BCUT2D eigenvalue weighted by atomic mass is 16.2. The highest BCUT2D eigenvalue weighted by Gasteiger charge is 2.31. The van der Waals surface area contributed by atoms with Crippen LogP contribution in [-0.2, 0) is 4.79 Å². The first-order valence-electron chi connectivity index (χ1n) is 6.51. The van der Waals surface area contributed by atoms with Gasteiger partial charge in [-0.1, -0.05) is 6.07 Å². The summed E-state index contributed by atoms with van der Waals surface area (Å²) in [6.45, 7) is 0.617. The second kappa shape index (κ2) is 5.73. The fourth-order valence-electron chi connectivity index (χ4n) is 2.45. The van der Waals surface area contributed by atoms with Crippen molar-refractivity contribution < 1.29 is 9.59 Å². The number of carbonyl (C=O) groups is 2. The Hall–Kier alpha value is -2.04. The molecule has 0 radical (unpaired) electrons. The number of likely N-dealkylation sites (N-methyl/N-ethyl adjacent to an activating group) is 1. The van der Waals surface area contributed by atoms with E-state index in [2.05, 4.69) is 5.32 Å². The molecule has 0 aromatic heterocycles. The molecule has 3 N–H and O–H groups in total. The van der Waals surface area contributed by atoms with Crippen LogP contribution in [0.5, 0.6) is 0 Å². The minimum absolute atomic E-state index is 0.100. The zero-order valence-electron chi connectivity index (χ0n) is 11.1. The van der Waals surface area contributed by atoms with Crippen LogP contribution in [0.2, 0.25) is 0 Å². The molecule has 2 rings (SSSR count). The molecule has 19 heavy (non-hydrogen) atoms. The third kappa shape index (κ3) is 2.86. The van der Waals surface area contributed by atoms with Crippen molar-refractivity contribution in [3.8, 4) is 0 Å². The number of hydrogen-bond donors (Lipinski definition) is 2. The van der Waals surface area contributed by atoms with Gasteiger partial charge in [-0.15, -0.1) is 0 Å². The van der Waals surface area contributed by atoms with Gasteiger partial charge in [-0.3, -0.25) is 9.59 Å². The molecule has 0 saturated carbocycles. The van der Waals surface area contributed by atoms with Gasteiger partial charge < -0.3 is 16.0 Å². The van der Waals surface area contributed by atoms with E-state index in [-0.39, 0.29) is 17.9 Å². The average molecular weight is 261 g/mol. The molecule has 1 aliphatic rings. The minimum Gasteiger partial charge on any atom is -0.399 e. The molecule has 5 nitrogen and oxygen atoms in total. The number of hydrogen-bond acceptors (Lipinski definition) is 3. The van der Waals surface area contributed by atoms with Crippen LogP contribution in [0.3, 0.4) is 0 Å². The van der Waals surface area contributed by atoms with E-state index in [9.17, 15) is 9.59 Å². The van der Waals surface area contributed by atoms with Crippen molar-refractivity contribution in [2.75, 3.05) is 19.3 Å². The Morgan fingerprint density at radius 3 is 2.84 bits per heavy atom. The Morgan fingerprint density at radius 1 is 1.37 bits per heavy atom. The summed E-state index contributed by atoms with van der Waals surface area (Å²) >= 11 is 0. The number of nitrogen functional groups attached to an aromatic ring is 1. The van der Waals surface area contributed by atoms with Crippen LogP contribution < -0.4 is 11.1 Å². The lowest BCUT2D eigenvalue weighted by Crippen LogP contribution is -2.51. The van der Waals surface area contributed by atoms with E-state index >= 15 is 0 Å². The highest BCUT2D eigenvalue weighted by molar-refractivity contribution is 5.98. The Balaban J connectivity index is 2.22. The zero-order chi connectivity index (χ0) is 13.8. The monoisotopic (exact) mass is 261 g/mol. The van der Waals surface area contributed by atoms with Crippen LogP contribution >= 0.6 is 0 Å². The van der Waals surface area contributed by atoms with Gasteiger partial charge in [0.15, 0.2) is 0 Å². The molecule has 1 aromatic carbocycles. The lowest BCUT2D eigenvalue weighted by Gasteiger charge is -2.34. The fourth-order valence-corrected chi connectivity index (χ4v) is 2.45. The maximum Gasteiger partial charge on any atom is 0.254 e. The van der Waals surface area contributed by atoms with E-state index < -0.39 is 0 Å². The Labute approximate surface area is 112 Å². The maximum atomic E-state index is 12.5. The number of rotatable bonds is 2. The van der Waals surface area contributed by atoms with E-state index in [0.717, 1.165) is 12.8 Å². The predicted molar refractivity (Wildman–Crippen MR) is 73.6 cm³/mol. The van der Waals surface area contributed by atoms with Crippen molar-refractivity contribution in [3.63, 3.8) is 0 Å². The largest absolute Gasteiger partial charge is 0.399 e. The highest BCUT2D eigenvalue weighted by Crippen LogP contribution is 2.20. The van der Waals surface area contributed by atoms with Gasteiger partial charge in [-0.25, -0.2) is 0 Å². The van der Waals surface area contributed by atoms with E-state index in [4.69, 9.17) is 5.73 Å². The molecule has 1 saturated heterocycles. The number of anilines is 1. The number of nitrogens with zero attached hydrogens (tertiary/aromatic N) is 1. The summed E-state index contributed by atoms with van der Waals surface area (Å²) < 4.78 is 0. The molecule has 1 aromatic rings. The molecule has 0 spiro atoms. The van der Waals surface area contributed by atoms with Crippen LogP contribution in [0.25, 0.3) is 0 Å². The lowest BCUT2D eigenvalue weighted by atomic mass is 10.00. The summed E-state index contributed by atoms with van der Waals surface area (Å²) in [5, 5.41) is 2.62. The van der Waals surface area contributed by atoms with Crippen LogP contribution in [0, 0.1) is 0 Å². The van der Waals surface area contributed by atoms with Gasteiger partial charge in [-0.2, -0.15) is 0 Å². The number of piperidine rings is 1. The number of likely N-dealkylation sites (tertiary alicyclic amines) is 1. The Bertz CT molecular complexity index is 487. The lowest BCUT2D eigenvalue weighted by molar-refractivity contribution is -0.126. The molecular formula is C14H19N3O2. The second-order valence-corrected chi connectivity index (χ2v) is 4.75. The molecule has 102 valence electrons. The van der Waals surface area contributed by atoms with Crippen LogP contribution in [-0.4, -0.2) is 36.3 Å². The van der Waals surface area contributed by atoms with Gasteiger partial charge in [0.05, 0.1) is 0 Å². The number of amides is 2. The van der Waals surface area contributed by atoms with Crippen molar-refractivity contribution in [1.82, 2.24) is 10.2 Å². The van der Waals surface area contributed by atoms with E-state index in [1.54, 1.807) is 36.2 Å². The standard InChI is InChI=1S/C14H19N3O2/c1-16-13(18)12-7-2-3-8-17(12)14(19)10-5-4-6-11(15)9-10/h4-6,9,12H,2-3,7-8,15H2,1H3,(H,16,18). The van der Waals surface area contributed by atoms with E-state index in [1.807, 2.05) is 0 Å². The van der Waals surface area contributed by atoms with E-state index in [0.29, 0.717) is 24.2 Å². The third-order valence-electron chi connectivity index (χ3n) is 3.45. The van der Waals surface area contributed by atoms with Crippen LogP contribution in [0.15, 0.2) is 24.3 Å². The smallest absolute Gasteiger partial charge is 0.254 e. The molecule has 0 aliphatic carbocycles. The zero-order valence-corrected chi connectivity index (χ0v) is 11.1. The summed E-state index contributed by atoms with van der Waals surface area (Å²) in [4.78, 5) is 26.0. The van der Waals surface area contributed by atoms with Crippen molar-refractivity contribution >= 4 is 17.5 Å². The fraction of sp³-hybridized carbons (Fsp3) is 0.429. The van der Waals surface area contributed by atoms with E-state index in [1.165, 1.54) is 0 Å². The summed E-state index contributed by atoms with van der Waals surface area (Å²) in [5.74, 6) is -0.224. The molecule has 5 heteroatoms. The Morgan fingerprint density at radius 2 is 2.16 bits per heavy atom. The SMILES string of the molecule is CNC(=O)C1CCCCN1C(=O)c1cccc(N)c1. The molecule has 1 heterocycles. The molecule has 1 unspecified atom stereocenters. The predicted octanol–water partition coefficient (Wildman–Crippen LogP) is 1.01. The molecule has 1 atom stereocenters. The number of nitrogens with two attached hydrogens (primary N) is 1. The van der Waals surface area contributed by atoms with Gasteiger partial charge in [-0.05, 0) is 37.5 Å². The Kier molecular flexibility index (Phi) is 4.04. The first kappa shape index (κ1) is 13.4. The average Bonchev–Trinajstić information content (AvgIpc) is 2.45. The van der Waals surface area contributed by atoms with Gasteiger partial charge in [0.25, 0.3) is 5.91 Å². The second-order valence-electron chi connectivity index (χ2n) is 4.75. The van der Waals surface area contributed by atoms with Gasteiger partial charge in [0.1, 0.15) is 6.04 Å². The molecule has 1 fully saturated rings. The number of benzene rings is 1. The molecule has 2 amide bonds. The van der Waals surface area contributed by atoms with Crippen molar-refractivity contribution in [1.29, 1.82) is 0 Å². The summed E-state index contributed by atoms with van der Waals surface area (Å²) in [7, 11) is 1.60. The topological polar surface area (TPSA) is 75.4 Å². The quantitative estimate of drug-likeness (QED) is 0.780. The first-order valence-corrected chi connectivity index (χ1v) is 6.51. The summed E-state index contributed by atoms with van der Waals surface area (Å²) in [5.41, 5.74) is 6.79. The van der Waals surface area contributed by atoms with Crippen LogP contribution in [0.4, 0.5) is 5.69 Å². The van der Waals surface area contributed by atoms with Gasteiger partial charge in [0, 0.05) is 24.8 Å². The van der Waals surface area contributed by atoms with Crippen molar-refractivity contribution in [3.05, 3.63) is 29.8 Å². The van der Waals surface area contributed by atoms with Crippen molar-refractivity contribution in [2.45, 2.75) is 25.3 Å². The molecule has 0 bridgehead atoms. The first-order chi connectivity index (χ1) is 9.13. The van der Waals surface area contributed by atoms with Gasteiger partial charge in [0.2, 0.25) is 5.91 Å². The van der Waals surface area contributed by atoms with Crippen LogP contribution in [0.1, 0.15) is 29.6 Å².